The maximum Gasteiger partial charge on any atom is 0.133 e. The third-order valence-corrected chi connectivity index (χ3v) is 10.2. The topological polar surface area (TPSA) is 24.5 Å². The Kier molecular flexibility index (Phi) is 4.22. The molecule has 1 atom stereocenters. The number of nitrogens with zero attached hydrogens (tertiary/aromatic N) is 1. The van der Waals surface area contributed by atoms with Crippen molar-refractivity contribution in [3.05, 3.63) is 82.9 Å². The van der Waals surface area contributed by atoms with Gasteiger partial charge in [-0.2, -0.15) is 0 Å². The monoisotopic (exact) mass is 462 g/mol. The van der Waals surface area contributed by atoms with Crippen molar-refractivity contribution in [2.45, 2.75) is 81.8 Å². The van der Waals surface area contributed by atoms with Crippen LogP contribution in [-0.4, -0.2) is 17.6 Å². The molecule has 178 valence electrons. The van der Waals surface area contributed by atoms with Crippen molar-refractivity contribution in [2.24, 2.45) is 5.92 Å². The largest absolute Gasteiger partial charge is 0.457 e. The van der Waals surface area contributed by atoms with Crippen LogP contribution in [0.15, 0.2) is 60.7 Å². The van der Waals surface area contributed by atoms with Gasteiger partial charge in [-0.05, 0) is 87.5 Å². The number of ether oxygens (including phenoxy) is 1. The average Bonchev–Trinajstić information content (AvgIpc) is 3.47. The smallest absolute Gasteiger partial charge is 0.133 e. The molecule has 3 heteroatoms. The van der Waals surface area contributed by atoms with Crippen LogP contribution in [0.5, 0.6) is 11.5 Å². The number of nitrogens with one attached hydrogen (secondary N) is 1. The van der Waals surface area contributed by atoms with E-state index in [9.17, 15) is 0 Å². The molecule has 1 unspecified atom stereocenters. The van der Waals surface area contributed by atoms with Gasteiger partial charge in [0.25, 0.3) is 0 Å². The summed E-state index contributed by atoms with van der Waals surface area (Å²) in [5.41, 5.74) is 8.21. The number of hydrogen-bond acceptors (Lipinski definition) is 3. The molecule has 0 radical (unpaired) electrons. The first-order valence-corrected chi connectivity index (χ1v) is 13.8. The third kappa shape index (κ3) is 2.90. The molecular weight excluding hydrogens is 428 g/mol. The molecular formula is C32H34N2O. The predicted molar refractivity (Wildman–Crippen MR) is 142 cm³/mol. The fourth-order valence-electron chi connectivity index (χ4n) is 7.99. The van der Waals surface area contributed by atoms with Crippen molar-refractivity contribution in [1.29, 1.82) is 0 Å². The Hall–Kier alpha value is -2.94. The van der Waals surface area contributed by atoms with Gasteiger partial charge in [0, 0.05) is 58.2 Å². The summed E-state index contributed by atoms with van der Waals surface area (Å²) in [4.78, 5) is 2.69. The lowest BCUT2D eigenvalue weighted by molar-refractivity contribution is 0.0356. The molecule has 0 amide bonds. The van der Waals surface area contributed by atoms with Crippen molar-refractivity contribution in [1.82, 2.24) is 0 Å². The lowest BCUT2D eigenvalue weighted by atomic mass is 9.53. The van der Waals surface area contributed by atoms with Crippen LogP contribution in [0.25, 0.3) is 0 Å². The maximum absolute atomic E-state index is 6.75. The molecule has 2 saturated heterocycles. The number of anilines is 2. The standard InChI is InChI=1S/C32H34N2O/c1-20-4-2-3-5-26(20)31-27-12-6-22(33-32-16-14-21(32)15-17-32)18-29(27)35-30-19-25(11-13-28(30)31)34-23-7-8-24(34)10-9-23/h2-6,11-13,18-19,21,23-24,31,33H,7-10,14-17H2,1H3. The summed E-state index contributed by atoms with van der Waals surface area (Å²) in [5, 5.41) is 3.92. The summed E-state index contributed by atoms with van der Waals surface area (Å²) in [5.74, 6) is 3.13. The van der Waals surface area contributed by atoms with Crippen LogP contribution in [-0.2, 0) is 0 Å². The Morgan fingerprint density at radius 2 is 1.46 bits per heavy atom. The molecule has 3 aromatic carbocycles. The van der Waals surface area contributed by atoms with E-state index in [1.807, 2.05) is 0 Å². The van der Waals surface area contributed by atoms with Gasteiger partial charge in [0.1, 0.15) is 11.5 Å². The fourth-order valence-corrected chi connectivity index (χ4v) is 7.99. The highest BCUT2D eigenvalue weighted by Crippen LogP contribution is 2.56. The quantitative estimate of drug-likeness (QED) is 0.335. The van der Waals surface area contributed by atoms with Gasteiger partial charge in [-0.15, -0.1) is 0 Å². The predicted octanol–water partition coefficient (Wildman–Crippen LogP) is 7.77. The van der Waals surface area contributed by atoms with E-state index in [0.717, 1.165) is 17.4 Å². The van der Waals surface area contributed by atoms with E-state index in [4.69, 9.17) is 4.74 Å². The van der Waals surface area contributed by atoms with Gasteiger partial charge in [0.2, 0.25) is 0 Å². The summed E-state index contributed by atoms with van der Waals surface area (Å²) in [7, 11) is 0. The molecule has 3 aromatic rings. The van der Waals surface area contributed by atoms with Gasteiger partial charge < -0.3 is 15.0 Å². The Balaban J connectivity index is 1.22. The molecule has 5 aliphatic rings. The zero-order valence-electron chi connectivity index (χ0n) is 20.6. The zero-order valence-corrected chi connectivity index (χ0v) is 20.6. The van der Waals surface area contributed by atoms with Crippen molar-refractivity contribution in [2.75, 3.05) is 10.2 Å². The number of hydrogen-bond donors (Lipinski definition) is 1. The van der Waals surface area contributed by atoms with Gasteiger partial charge >= 0.3 is 0 Å². The lowest BCUT2D eigenvalue weighted by Crippen LogP contribution is -2.60. The Labute approximate surface area is 208 Å². The van der Waals surface area contributed by atoms with Gasteiger partial charge in [-0.1, -0.05) is 36.4 Å². The molecule has 2 saturated carbocycles. The van der Waals surface area contributed by atoms with E-state index in [-0.39, 0.29) is 5.92 Å². The molecule has 4 fully saturated rings. The normalized spacial score (nSPS) is 31.5. The van der Waals surface area contributed by atoms with Crippen LogP contribution in [0.3, 0.4) is 0 Å². The number of rotatable bonds is 4. The van der Waals surface area contributed by atoms with Crippen LogP contribution in [0.2, 0.25) is 0 Å². The maximum atomic E-state index is 6.75. The van der Waals surface area contributed by atoms with Crippen molar-refractivity contribution in [3.8, 4) is 11.5 Å². The highest BCUT2D eigenvalue weighted by Gasteiger charge is 2.53. The molecule has 3 nitrogen and oxygen atoms in total. The van der Waals surface area contributed by atoms with E-state index in [0.29, 0.717) is 17.6 Å². The summed E-state index contributed by atoms with van der Waals surface area (Å²) < 4.78 is 6.75. The summed E-state index contributed by atoms with van der Waals surface area (Å²) in [6.07, 6.45) is 10.8. The van der Waals surface area contributed by atoms with Crippen LogP contribution < -0.4 is 15.0 Å². The minimum atomic E-state index is 0.201. The summed E-state index contributed by atoms with van der Waals surface area (Å²) in [6.45, 7) is 2.24. The van der Waals surface area contributed by atoms with Crippen LogP contribution in [0.1, 0.15) is 79.5 Å². The Morgan fingerprint density at radius 3 is 2.11 bits per heavy atom. The summed E-state index contributed by atoms with van der Waals surface area (Å²) in [6, 6.07) is 24.2. The van der Waals surface area contributed by atoms with Gasteiger partial charge in [0.15, 0.2) is 0 Å². The Morgan fingerprint density at radius 1 is 0.771 bits per heavy atom. The second kappa shape index (κ2) is 7.29. The second-order valence-corrected chi connectivity index (χ2v) is 11.8. The molecule has 0 spiro atoms. The van der Waals surface area contributed by atoms with Gasteiger partial charge in [0.05, 0.1) is 0 Å². The fraction of sp³-hybridized carbons (Fsp3) is 0.438. The minimum absolute atomic E-state index is 0.201. The number of fused-ring (bicyclic) bond motifs is 5. The first-order valence-electron chi connectivity index (χ1n) is 13.8. The first-order chi connectivity index (χ1) is 17.2. The molecule has 3 aliphatic heterocycles. The van der Waals surface area contributed by atoms with E-state index in [1.54, 1.807) is 0 Å². The molecule has 35 heavy (non-hydrogen) atoms. The van der Waals surface area contributed by atoms with Crippen molar-refractivity contribution < 1.29 is 4.74 Å². The van der Waals surface area contributed by atoms with Crippen LogP contribution in [0, 0.1) is 12.8 Å². The van der Waals surface area contributed by atoms with E-state index in [1.165, 1.54) is 85.0 Å². The molecule has 8 rings (SSSR count). The highest BCUT2D eigenvalue weighted by atomic mass is 16.5. The summed E-state index contributed by atoms with van der Waals surface area (Å²) >= 11 is 0. The van der Waals surface area contributed by atoms with E-state index >= 15 is 0 Å². The third-order valence-electron chi connectivity index (χ3n) is 10.2. The van der Waals surface area contributed by atoms with E-state index in [2.05, 4.69) is 77.8 Å². The van der Waals surface area contributed by atoms with Gasteiger partial charge in [-0.25, -0.2) is 0 Å². The average molecular weight is 463 g/mol. The molecule has 1 N–H and O–H groups in total. The molecule has 3 heterocycles. The lowest BCUT2D eigenvalue weighted by Gasteiger charge is -2.59. The number of aryl methyl sites for hydroxylation is 1. The van der Waals surface area contributed by atoms with Crippen LogP contribution >= 0.6 is 0 Å². The van der Waals surface area contributed by atoms with Crippen LogP contribution in [0.4, 0.5) is 11.4 Å². The van der Waals surface area contributed by atoms with Crippen molar-refractivity contribution >= 4 is 11.4 Å². The molecule has 0 aromatic heterocycles. The van der Waals surface area contributed by atoms with Crippen molar-refractivity contribution in [3.63, 3.8) is 0 Å². The van der Waals surface area contributed by atoms with E-state index < -0.39 is 0 Å². The highest BCUT2D eigenvalue weighted by molar-refractivity contribution is 5.67. The van der Waals surface area contributed by atoms with Gasteiger partial charge in [-0.3, -0.25) is 0 Å². The first kappa shape index (κ1) is 20.3. The molecule has 2 aliphatic carbocycles. The molecule has 2 bridgehead atoms. The number of benzene rings is 3. The zero-order chi connectivity index (χ0) is 23.1. The SMILES string of the molecule is Cc1ccccc1C1c2ccc(NC34CCC3CC4)cc2Oc2cc(N3C4CCC3CC4)ccc21. The Bertz CT molecular complexity index is 1300. The second-order valence-electron chi connectivity index (χ2n) is 11.8. The minimum Gasteiger partial charge on any atom is -0.457 e.